The molecule has 1 aliphatic heterocycles. The maximum Gasteiger partial charge on any atom is 0.287 e. The number of nitrogens with zero attached hydrogens (tertiary/aromatic N) is 1. The van der Waals surface area contributed by atoms with Crippen LogP contribution in [0, 0.1) is 17.2 Å². The molecular weight excluding hydrogens is 282 g/mol. The lowest BCUT2D eigenvalue weighted by Crippen LogP contribution is -2.22. The van der Waals surface area contributed by atoms with E-state index in [-0.39, 0.29) is 17.8 Å². The van der Waals surface area contributed by atoms with Gasteiger partial charge in [0.05, 0.1) is 6.10 Å². The highest BCUT2D eigenvalue weighted by molar-refractivity contribution is 5.27. The van der Waals surface area contributed by atoms with Crippen molar-refractivity contribution in [3.05, 3.63) is 53.7 Å². The highest BCUT2D eigenvalue weighted by atomic mass is 19.1. The van der Waals surface area contributed by atoms with E-state index in [9.17, 15) is 8.78 Å². The Bertz CT molecular complexity index is 600. The summed E-state index contributed by atoms with van der Waals surface area (Å²) in [6.07, 6.45) is 1.86. The van der Waals surface area contributed by atoms with Crippen molar-refractivity contribution in [3.8, 4) is 5.75 Å². The highest BCUT2D eigenvalue weighted by Crippen LogP contribution is 2.25. The Labute approximate surface area is 120 Å². The average molecular weight is 296 g/mol. The van der Waals surface area contributed by atoms with E-state index in [1.807, 2.05) is 13.8 Å². The van der Waals surface area contributed by atoms with Crippen molar-refractivity contribution in [1.29, 1.82) is 5.53 Å². The first kappa shape index (κ1) is 15.0. The molecule has 112 valence electrons. The fourth-order valence-electron chi connectivity index (χ4n) is 1.62. The fourth-order valence-corrected chi connectivity index (χ4v) is 1.62. The third kappa shape index (κ3) is 3.77. The number of ether oxygens (including phenoxy) is 3. The fraction of sp³-hybridized carbons (Fsp3) is 0.286. The second kappa shape index (κ2) is 6.34. The Morgan fingerprint density at radius 3 is 2.67 bits per heavy atom. The molecule has 21 heavy (non-hydrogen) atoms. The zero-order valence-electron chi connectivity index (χ0n) is 11.5. The molecule has 0 spiro atoms. The molecule has 0 aromatic heterocycles. The maximum atomic E-state index is 13.5. The van der Waals surface area contributed by atoms with Crippen molar-refractivity contribution >= 4 is 0 Å². The molecule has 0 bridgehead atoms. The molecular formula is C14H14F2N2O3. The van der Waals surface area contributed by atoms with Crippen molar-refractivity contribution in [3.63, 3.8) is 0 Å². The van der Waals surface area contributed by atoms with E-state index in [1.165, 1.54) is 12.2 Å². The van der Waals surface area contributed by atoms with Gasteiger partial charge in [0.25, 0.3) is 12.2 Å². The van der Waals surface area contributed by atoms with Gasteiger partial charge >= 0.3 is 0 Å². The minimum atomic E-state index is -0.990. The lowest BCUT2D eigenvalue weighted by molar-refractivity contribution is 0.00398. The van der Waals surface area contributed by atoms with Crippen LogP contribution in [0.5, 0.6) is 5.75 Å². The molecule has 0 fully saturated rings. The van der Waals surface area contributed by atoms with Crippen LogP contribution in [0.25, 0.3) is 0 Å². The molecule has 5 nitrogen and oxygen atoms in total. The average Bonchev–Trinajstić information content (AvgIpc) is 2.43. The second-order valence-corrected chi connectivity index (χ2v) is 4.50. The molecule has 0 radical (unpaired) electrons. The summed E-state index contributed by atoms with van der Waals surface area (Å²) in [6, 6.07) is 2.91. The SMILES string of the molecule is CC(C)OC1=CC=C(Oc2ccc(F)cc2F)OC1N=N. The topological polar surface area (TPSA) is 63.9 Å². The lowest BCUT2D eigenvalue weighted by Gasteiger charge is -2.23. The zero-order valence-corrected chi connectivity index (χ0v) is 11.5. The number of rotatable bonds is 5. The van der Waals surface area contributed by atoms with E-state index in [2.05, 4.69) is 5.11 Å². The van der Waals surface area contributed by atoms with Gasteiger partial charge < -0.3 is 14.2 Å². The molecule has 1 atom stereocenters. The number of nitrogens with one attached hydrogen (secondary N) is 1. The van der Waals surface area contributed by atoms with Crippen LogP contribution in [0.15, 0.2) is 47.2 Å². The first-order chi connectivity index (χ1) is 9.99. The number of allylic oxidation sites excluding steroid dienone is 2. The molecule has 0 saturated carbocycles. The number of benzene rings is 1. The number of hydrogen-bond donors (Lipinski definition) is 1. The summed E-state index contributed by atoms with van der Waals surface area (Å²) in [7, 11) is 0. The zero-order chi connectivity index (χ0) is 15.4. The smallest absolute Gasteiger partial charge is 0.287 e. The second-order valence-electron chi connectivity index (χ2n) is 4.50. The number of halogens is 2. The van der Waals surface area contributed by atoms with E-state index in [1.54, 1.807) is 0 Å². The van der Waals surface area contributed by atoms with Gasteiger partial charge in [-0.15, -0.1) is 5.11 Å². The standard InChI is InChI=1S/C14H14F2N2O3/c1-8(2)19-12-5-6-13(21-14(12)18-17)20-11-4-3-9(15)7-10(11)16/h3-8,14,17H,1-2H3. The molecule has 0 aliphatic carbocycles. The third-order valence-corrected chi connectivity index (χ3v) is 2.45. The summed E-state index contributed by atoms with van der Waals surface area (Å²) in [6.45, 7) is 3.65. The van der Waals surface area contributed by atoms with Crippen molar-refractivity contribution < 1.29 is 23.0 Å². The van der Waals surface area contributed by atoms with Crippen molar-refractivity contribution in [2.45, 2.75) is 26.2 Å². The van der Waals surface area contributed by atoms with Gasteiger partial charge in [-0.1, -0.05) is 0 Å². The normalized spacial score (nSPS) is 17.7. The van der Waals surface area contributed by atoms with E-state index in [4.69, 9.17) is 19.7 Å². The maximum absolute atomic E-state index is 13.5. The van der Waals surface area contributed by atoms with E-state index < -0.39 is 17.9 Å². The quantitative estimate of drug-likeness (QED) is 0.839. The van der Waals surface area contributed by atoms with Crippen LogP contribution >= 0.6 is 0 Å². The van der Waals surface area contributed by atoms with E-state index in [0.29, 0.717) is 11.8 Å². The van der Waals surface area contributed by atoms with Gasteiger partial charge in [0.15, 0.2) is 17.3 Å². The Morgan fingerprint density at radius 2 is 2.05 bits per heavy atom. The molecule has 1 aromatic rings. The van der Waals surface area contributed by atoms with Crippen LogP contribution in [0.3, 0.4) is 0 Å². The van der Waals surface area contributed by atoms with Crippen LogP contribution in [0.1, 0.15) is 13.8 Å². The van der Waals surface area contributed by atoms with Gasteiger partial charge in [-0.2, -0.15) is 0 Å². The van der Waals surface area contributed by atoms with Gasteiger partial charge in [-0.25, -0.2) is 14.3 Å². The monoisotopic (exact) mass is 296 g/mol. The molecule has 1 aliphatic rings. The van der Waals surface area contributed by atoms with Crippen LogP contribution in [-0.2, 0) is 9.47 Å². The summed E-state index contributed by atoms with van der Waals surface area (Å²) < 4.78 is 42.2. The predicted octanol–water partition coefficient (Wildman–Crippen LogP) is 3.88. The Balaban J connectivity index is 2.16. The molecule has 0 amide bonds. The van der Waals surface area contributed by atoms with Gasteiger partial charge in [0, 0.05) is 12.1 Å². The lowest BCUT2D eigenvalue weighted by atomic mass is 10.3. The largest absolute Gasteiger partial charge is 0.489 e. The summed E-state index contributed by atoms with van der Waals surface area (Å²) in [5.41, 5.74) is 7.08. The van der Waals surface area contributed by atoms with Crippen LogP contribution in [0.4, 0.5) is 8.78 Å². The summed E-state index contributed by atoms with van der Waals surface area (Å²) >= 11 is 0. The third-order valence-electron chi connectivity index (χ3n) is 2.45. The van der Waals surface area contributed by atoms with Crippen molar-refractivity contribution in [2.24, 2.45) is 5.11 Å². The Hall–Kier alpha value is -2.44. The first-order valence-electron chi connectivity index (χ1n) is 6.24. The molecule has 2 rings (SSSR count). The van der Waals surface area contributed by atoms with Gasteiger partial charge in [-0.3, -0.25) is 0 Å². The molecule has 1 N–H and O–H groups in total. The summed E-state index contributed by atoms with van der Waals surface area (Å²) in [5.74, 6) is -1.45. The van der Waals surface area contributed by atoms with Gasteiger partial charge in [0.1, 0.15) is 5.82 Å². The van der Waals surface area contributed by atoms with Crippen LogP contribution in [-0.4, -0.2) is 12.3 Å². The Morgan fingerprint density at radius 1 is 1.29 bits per heavy atom. The predicted molar refractivity (Wildman–Crippen MR) is 69.4 cm³/mol. The molecule has 1 heterocycles. The van der Waals surface area contributed by atoms with Crippen LogP contribution in [0.2, 0.25) is 0 Å². The summed E-state index contributed by atoms with van der Waals surface area (Å²) in [4.78, 5) is 0. The van der Waals surface area contributed by atoms with Crippen molar-refractivity contribution in [1.82, 2.24) is 0 Å². The minimum absolute atomic E-state index is 0.0578. The van der Waals surface area contributed by atoms with Crippen LogP contribution < -0.4 is 4.74 Å². The molecule has 1 aromatic carbocycles. The molecule has 1 unspecified atom stereocenters. The van der Waals surface area contributed by atoms with Crippen molar-refractivity contribution in [2.75, 3.05) is 0 Å². The van der Waals surface area contributed by atoms with E-state index >= 15 is 0 Å². The highest BCUT2D eigenvalue weighted by Gasteiger charge is 2.24. The first-order valence-corrected chi connectivity index (χ1v) is 6.24. The summed E-state index contributed by atoms with van der Waals surface area (Å²) in [5, 5.41) is 3.27. The minimum Gasteiger partial charge on any atom is -0.489 e. The molecule has 0 saturated heterocycles. The number of hydrogen-bond acceptors (Lipinski definition) is 5. The van der Waals surface area contributed by atoms with Gasteiger partial charge in [-0.05, 0) is 32.1 Å². The molecule has 7 heteroatoms. The van der Waals surface area contributed by atoms with E-state index in [0.717, 1.165) is 12.1 Å². The van der Waals surface area contributed by atoms with Gasteiger partial charge in [0.2, 0.25) is 0 Å². The Kier molecular flexibility index (Phi) is 4.52.